The first-order chi connectivity index (χ1) is 16.1. The zero-order chi connectivity index (χ0) is 24.5. The van der Waals surface area contributed by atoms with Gasteiger partial charge in [0.2, 0.25) is 0 Å². The molecular weight excluding hydrogens is 474 g/mol. The van der Waals surface area contributed by atoms with Gasteiger partial charge in [-0.25, -0.2) is 9.18 Å². The van der Waals surface area contributed by atoms with Gasteiger partial charge in [-0.2, -0.15) is 13.2 Å². The second kappa shape index (κ2) is 10.1. The van der Waals surface area contributed by atoms with Crippen molar-refractivity contribution in [3.8, 4) is 5.75 Å². The van der Waals surface area contributed by atoms with Gasteiger partial charge in [-0.15, -0.1) is 0 Å². The van der Waals surface area contributed by atoms with Crippen LogP contribution in [0.4, 0.5) is 17.6 Å². The number of ether oxygens (including phenoxy) is 2. The molecule has 1 saturated heterocycles. The maximum Gasteiger partial charge on any atom is 0.416 e. The van der Waals surface area contributed by atoms with Crippen molar-refractivity contribution in [2.24, 2.45) is 5.92 Å². The molecule has 2 aliphatic rings. The SMILES string of the molecule is COC(=O)c1cc(C2CC2)c(OCC2CCN(Cc3cc(Cl)cc(C(F)(F)F)c3)CC2)cc1F. The average Bonchev–Trinajstić information content (AvgIpc) is 3.62. The van der Waals surface area contributed by atoms with E-state index >= 15 is 0 Å². The van der Waals surface area contributed by atoms with E-state index < -0.39 is 23.5 Å². The van der Waals surface area contributed by atoms with Crippen molar-refractivity contribution in [3.05, 3.63) is 63.4 Å². The highest BCUT2D eigenvalue weighted by molar-refractivity contribution is 6.30. The average molecular weight is 500 g/mol. The van der Waals surface area contributed by atoms with Crippen LogP contribution < -0.4 is 4.74 Å². The van der Waals surface area contributed by atoms with Crippen molar-refractivity contribution < 1.29 is 31.8 Å². The summed E-state index contributed by atoms with van der Waals surface area (Å²) in [5, 5.41) is 0.0741. The van der Waals surface area contributed by atoms with Gasteiger partial charge in [-0.1, -0.05) is 11.6 Å². The number of nitrogens with zero attached hydrogens (tertiary/aromatic N) is 1. The zero-order valence-electron chi connectivity index (χ0n) is 18.8. The minimum Gasteiger partial charge on any atom is -0.493 e. The summed E-state index contributed by atoms with van der Waals surface area (Å²) < 4.78 is 64.3. The zero-order valence-corrected chi connectivity index (χ0v) is 19.5. The predicted molar refractivity (Wildman–Crippen MR) is 120 cm³/mol. The molecule has 2 fully saturated rings. The van der Waals surface area contributed by atoms with Crippen molar-refractivity contribution >= 4 is 17.6 Å². The molecule has 1 aliphatic carbocycles. The number of likely N-dealkylation sites (tertiary alicyclic amines) is 1. The van der Waals surface area contributed by atoms with Crippen molar-refractivity contribution in [3.63, 3.8) is 0 Å². The smallest absolute Gasteiger partial charge is 0.416 e. The van der Waals surface area contributed by atoms with Crippen LogP contribution >= 0.6 is 11.6 Å². The minimum absolute atomic E-state index is 0.0741. The quantitative estimate of drug-likeness (QED) is 0.324. The number of rotatable bonds is 7. The van der Waals surface area contributed by atoms with Gasteiger partial charge in [0.15, 0.2) is 0 Å². The normalized spacial score (nSPS) is 17.6. The van der Waals surface area contributed by atoms with E-state index in [9.17, 15) is 22.4 Å². The second-order valence-corrected chi connectivity index (χ2v) is 9.45. The molecule has 184 valence electrons. The topological polar surface area (TPSA) is 38.8 Å². The summed E-state index contributed by atoms with van der Waals surface area (Å²) in [5.74, 6) is -0.397. The minimum atomic E-state index is -4.43. The fourth-order valence-electron chi connectivity index (χ4n) is 4.36. The van der Waals surface area contributed by atoms with Crippen molar-refractivity contribution in [2.75, 3.05) is 26.8 Å². The van der Waals surface area contributed by atoms with Gasteiger partial charge in [-0.05, 0) is 86.0 Å². The van der Waals surface area contributed by atoms with E-state index in [1.807, 2.05) is 0 Å². The first kappa shape index (κ1) is 24.8. The number of hydrogen-bond acceptors (Lipinski definition) is 4. The third-order valence-electron chi connectivity index (χ3n) is 6.39. The van der Waals surface area contributed by atoms with Gasteiger partial charge in [0.1, 0.15) is 11.6 Å². The molecule has 2 aromatic carbocycles. The van der Waals surface area contributed by atoms with Crippen LogP contribution in [-0.2, 0) is 17.5 Å². The highest BCUT2D eigenvalue weighted by Crippen LogP contribution is 2.45. The van der Waals surface area contributed by atoms with E-state index in [0.29, 0.717) is 37.6 Å². The molecule has 1 saturated carbocycles. The lowest BCUT2D eigenvalue weighted by Gasteiger charge is -2.32. The van der Waals surface area contributed by atoms with Crippen molar-refractivity contribution in [1.82, 2.24) is 4.90 Å². The maximum absolute atomic E-state index is 14.4. The Balaban J connectivity index is 1.34. The number of benzene rings is 2. The van der Waals surface area contributed by atoms with Crippen LogP contribution in [0.25, 0.3) is 0 Å². The largest absolute Gasteiger partial charge is 0.493 e. The van der Waals surface area contributed by atoms with E-state index in [2.05, 4.69) is 9.64 Å². The number of carbonyl (C=O) groups excluding carboxylic acids is 1. The van der Waals surface area contributed by atoms with Crippen LogP contribution in [0, 0.1) is 11.7 Å². The molecule has 4 rings (SSSR count). The van der Waals surface area contributed by atoms with Crippen molar-refractivity contribution in [1.29, 1.82) is 0 Å². The Morgan fingerprint density at radius 2 is 1.79 bits per heavy atom. The van der Waals surface area contributed by atoms with Crippen LogP contribution in [0.5, 0.6) is 5.75 Å². The molecule has 0 amide bonds. The molecule has 0 atom stereocenters. The lowest BCUT2D eigenvalue weighted by Crippen LogP contribution is -2.35. The number of hydrogen-bond donors (Lipinski definition) is 0. The van der Waals surface area contributed by atoms with E-state index in [1.165, 1.54) is 19.2 Å². The summed E-state index contributed by atoms with van der Waals surface area (Å²) in [6, 6.07) is 6.46. The molecule has 0 bridgehead atoms. The van der Waals surface area contributed by atoms with Crippen LogP contribution in [0.2, 0.25) is 5.02 Å². The van der Waals surface area contributed by atoms with E-state index in [-0.39, 0.29) is 22.4 Å². The summed E-state index contributed by atoms with van der Waals surface area (Å²) in [7, 11) is 1.22. The third-order valence-corrected chi connectivity index (χ3v) is 6.61. The standard InChI is InChI=1S/C25H26ClF4NO3/c1-33-24(32)21-11-20(17-2-3-17)23(12-22(21)27)34-14-15-4-6-31(7-5-15)13-16-8-18(25(28,29)30)10-19(26)9-16/h8-12,15,17H,2-7,13-14H2,1H3. The molecular formula is C25H26ClF4NO3. The summed E-state index contributed by atoms with van der Waals surface area (Å²) >= 11 is 5.89. The van der Waals surface area contributed by atoms with Gasteiger partial charge in [0.25, 0.3) is 0 Å². The number of carbonyl (C=O) groups is 1. The fraction of sp³-hybridized carbons (Fsp3) is 0.480. The third kappa shape index (κ3) is 6.02. The molecule has 0 N–H and O–H groups in total. The molecule has 1 heterocycles. The Labute approximate surface area is 200 Å². The molecule has 0 spiro atoms. The number of esters is 1. The molecule has 0 radical (unpaired) electrons. The van der Waals surface area contributed by atoms with Crippen molar-refractivity contribution in [2.45, 2.75) is 44.3 Å². The molecule has 1 aliphatic heterocycles. The Bertz CT molecular complexity index is 1050. The molecule has 9 heteroatoms. The fourth-order valence-corrected chi connectivity index (χ4v) is 4.62. The van der Waals surface area contributed by atoms with Gasteiger partial charge in [0.05, 0.1) is 24.8 Å². The Morgan fingerprint density at radius 1 is 1.09 bits per heavy atom. The Morgan fingerprint density at radius 3 is 2.41 bits per heavy atom. The highest BCUT2D eigenvalue weighted by Gasteiger charge is 2.32. The summed E-state index contributed by atoms with van der Waals surface area (Å²) in [6.07, 6.45) is -0.860. The lowest BCUT2D eigenvalue weighted by molar-refractivity contribution is -0.137. The number of methoxy groups -OCH3 is 1. The molecule has 0 aromatic heterocycles. The molecule has 0 unspecified atom stereocenters. The molecule has 34 heavy (non-hydrogen) atoms. The van der Waals surface area contributed by atoms with Gasteiger partial charge in [-0.3, -0.25) is 4.90 Å². The first-order valence-electron chi connectivity index (χ1n) is 11.3. The Kier molecular flexibility index (Phi) is 7.38. The molecule has 2 aromatic rings. The highest BCUT2D eigenvalue weighted by atomic mass is 35.5. The predicted octanol–water partition coefficient (Wildman–Crippen LogP) is 6.45. The van der Waals surface area contributed by atoms with E-state index in [1.54, 1.807) is 6.07 Å². The lowest BCUT2D eigenvalue weighted by atomic mass is 9.97. The van der Waals surface area contributed by atoms with Gasteiger partial charge >= 0.3 is 12.1 Å². The van der Waals surface area contributed by atoms with E-state index in [4.69, 9.17) is 16.3 Å². The Hall–Kier alpha value is -2.32. The van der Waals surface area contributed by atoms with E-state index in [0.717, 1.165) is 43.4 Å². The van der Waals surface area contributed by atoms with Crippen LogP contribution in [0.15, 0.2) is 30.3 Å². The summed E-state index contributed by atoms with van der Waals surface area (Å²) in [4.78, 5) is 13.9. The summed E-state index contributed by atoms with van der Waals surface area (Å²) in [6.45, 7) is 2.24. The maximum atomic E-state index is 14.4. The monoisotopic (exact) mass is 499 g/mol. The number of alkyl halides is 3. The van der Waals surface area contributed by atoms with Gasteiger partial charge < -0.3 is 9.47 Å². The van der Waals surface area contributed by atoms with Crippen LogP contribution in [0.1, 0.15) is 58.6 Å². The second-order valence-electron chi connectivity index (χ2n) is 9.01. The van der Waals surface area contributed by atoms with Crippen LogP contribution in [0.3, 0.4) is 0 Å². The van der Waals surface area contributed by atoms with Gasteiger partial charge in [0, 0.05) is 17.6 Å². The van der Waals surface area contributed by atoms with Crippen LogP contribution in [-0.4, -0.2) is 37.7 Å². The number of halogens is 5. The first-order valence-corrected chi connectivity index (χ1v) is 11.7. The number of piperidine rings is 1. The molecule has 4 nitrogen and oxygen atoms in total. The summed E-state index contributed by atoms with van der Waals surface area (Å²) in [5.41, 5.74) is 0.542.